The van der Waals surface area contributed by atoms with Crippen LogP contribution >= 0.6 is 11.6 Å². The highest BCUT2D eigenvalue weighted by Crippen LogP contribution is 2.22. The fourth-order valence-corrected chi connectivity index (χ4v) is 2.02. The van der Waals surface area contributed by atoms with E-state index in [9.17, 15) is 18.4 Å². The van der Waals surface area contributed by atoms with Gasteiger partial charge in [-0.2, -0.15) is 8.78 Å². The Morgan fingerprint density at radius 1 is 1.13 bits per heavy atom. The molecule has 0 bridgehead atoms. The molecule has 2 aromatic rings. The molecule has 0 saturated carbocycles. The minimum absolute atomic E-state index is 0.0176. The van der Waals surface area contributed by atoms with Crippen LogP contribution in [0.2, 0.25) is 5.02 Å². The Balaban J connectivity index is 2.09. The molecular weight excluding hydrogens is 332 g/mol. The topological polar surface area (TPSA) is 75.6 Å². The number of rotatable bonds is 5. The van der Waals surface area contributed by atoms with Crippen LogP contribution in [0, 0.1) is 0 Å². The highest BCUT2D eigenvalue weighted by Gasteiger charge is 2.12. The number of hydrogen-bond acceptors (Lipinski definition) is 3. The van der Waals surface area contributed by atoms with Crippen LogP contribution in [0.4, 0.5) is 14.5 Å². The second-order valence-corrected chi connectivity index (χ2v) is 4.76. The second kappa shape index (κ2) is 7.06. The van der Waals surface area contributed by atoms with Gasteiger partial charge in [0.15, 0.2) is 0 Å². The van der Waals surface area contributed by atoms with Gasteiger partial charge in [0, 0.05) is 11.3 Å². The van der Waals surface area contributed by atoms with E-state index in [2.05, 4.69) is 10.1 Å². The number of anilines is 1. The average Bonchev–Trinajstić information content (AvgIpc) is 2.47. The minimum Gasteiger partial charge on any atom is -0.478 e. The zero-order valence-electron chi connectivity index (χ0n) is 11.4. The quantitative estimate of drug-likeness (QED) is 0.865. The smallest absolute Gasteiger partial charge is 0.387 e. The predicted octanol–water partition coefficient (Wildman–Crippen LogP) is 3.89. The van der Waals surface area contributed by atoms with Crippen LogP contribution in [-0.4, -0.2) is 23.6 Å². The summed E-state index contributed by atoms with van der Waals surface area (Å²) in [5.41, 5.74) is 0.432. The molecule has 23 heavy (non-hydrogen) atoms. The van der Waals surface area contributed by atoms with Gasteiger partial charge in [0.25, 0.3) is 5.91 Å². The Morgan fingerprint density at radius 3 is 2.30 bits per heavy atom. The van der Waals surface area contributed by atoms with Crippen LogP contribution in [0.5, 0.6) is 5.75 Å². The Morgan fingerprint density at radius 2 is 1.78 bits per heavy atom. The summed E-state index contributed by atoms with van der Waals surface area (Å²) in [6, 6.07) is 9.07. The third-order valence-electron chi connectivity index (χ3n) is 2.80. The van der Waals surface area contributed by atoms with Gasteiger partial charge in [0.1, 0.15) is 5.75 Å². The summed E-state index contributed by atoms with van der Waals surface area (Å²) in [4.78, 5) is 22.9. The zero-order chi connectivity index (χ0) is 17.0. The van der Waals surface area contributed by atoms with Gasteiger partial charge >= 0.3 is 12.6 Å². The van der Waals surface area contributed by atoms with Gasteiger partial charge in [0.2, 0.25) is 0 Å². The fraction of sp³-hybridized carbons (Fsp3) is 0.0667. The predicted molar refractivity (Wildman–Crippen MR) is 79.4 cm³/mol. The van der Waals surface area contributed by atoms with Crippen molar-refractivity contribution in [3.8, 4) is 5.75 Å². The van der Waals surface area contributed by atoms with E-state index in [1.165, 1.54) is 42.5 Å². The van der Waals surface area contributed by atoms with Crippen LogP contribution in [-0.2, 0) is 0 Å². The lowest BCUT2D eigenvalue weighted by atomic mass is 10.1. The highest BCUT2D eigenvalue weighted by atomic mass is 35.5. The monoisotopic (exact) mass is 341 g/mol. The molecule has 120 valence electrons. The molecule has 0 atom stereocenters. The van der Waals surface area contributed by atoms with Crippen molar-refractivity contribution in [2.45, 2.75) is 6.61 Å². The van der Waals surface area contributed by atoms with E-state index in [1.807, 2.05) is 0 Å². The van der Waals surface area contributed by atoms with Gasteiger partial charge in [-0.05, 0) is 42.5 Å². The van der Waals surface area contributed by atoms with Gasteiger partial charge in [-0.3, -0.25) is 4.79 Å². The lowest BCUT2D eigenvalue weighted by molar-refractivity contribution is -0.0498. The van der Waals surface area contributed by atoms with Gasteiger partial charge < -0.3 is 15.2 Å². The third-order valence-corrected chi connectivity index (χ3v) is 3.11. The third kappa shape index (κ3) is 4.40. The summed E-state index contributed by atoms with van der Waals surface area (Å²) in [7, 11) is 0. The van der Waals surface area contributed by atoms with Crippen molar-refractivity contribution in [1.29, 1.82) is 0 Å². The first-order valence-electron chi connectivity index (χ1n) is 6.26. The van der Waals surface area contributed by atoms with Crippen molar-refractivity contribution in [3.63, 3.8) is 0 Å². The van der Waals surface area contributed by atoms with Crippen LogP contribution in [0.3, 0.4) is 0 Å². The summed E-state index contributed by atoms with van der Waals surface area (Å²) < 4.78 is 28.3. The molecule has 0 aliphatic rings. The lowest BCUT2D eigenvalue weighted by Gasteiger charge is -2.08. The van der Waals surface area contributed by atoms with Crippen molar-refractivity contribution in [3.05, 3.63) is 58.6 Å². The molecule has 8 heteroatoms. The lowest BCUT2D eigenvalue weighted by Crippen LogP contribution is -2.12. The Hall–Kier alpha value is -2.67. The van der Waals surface area contributed by atoms with Crippen molar-refractivity contribution in [2.24, 2.45) is 0 Å². The molecule has 2 aromatic carbocycles. The number of carboxylic acid groups (broad SMARTS) is 1. The number of aromatic carboxylic acids is 1. The molecule has 0 unspecified atom stereocenters. The minimum atomic E-state index is -2.94. The Kier molecular flexibility index (Phi) is 5.13. The van der Waals surface area contributed by atoms with E-state index < -0.39 is 18.5 Å². The maximum Gasteiger partial charge on any atom is 0.387 e. The van der Waals surface area contributed by atoms with Gasteiger partial charge in [0.05, 0.1) is 10.6 Å². The molecule has 0 saturated heterocycles. The summed E-state index contributed by atoms with van der Waals surface area (Å²) in [5.74, 6) is -1.75. The number of hydrogen-bond donors (Lipinski definition) is 2. The zero-order valence-corrected chi connectivity index (χ0v) is 12.2. The average molecular weight is 342 g/mol. The van der Waals surface area contributed by atoms with Crippen molar-refractivity contribution in [1.82, 2.24) is 0 Å². The molecule has 0 aromatic heterocycles. The van der Waals surface area contributed by atoms with E-state index in [-0.39, 0.29) is 21.9 Å². The van der Waals surface area contributed by atoms with E-state index in [0.717, 1.165) is 0 Å². The molecule has 0 radical (unpaired) electrons. The molecule has 2 rings (SSSR count). The number of carbonyl (C=O) groups excluding carboxylic acids is 1. The molecule has 5 nitrogen and oxygen atoms in total. The number of alkyl halides is 2. The number of carboxylic acids is 1. The first-order valence-corrected chi connectivity index (χ1v) is 6.63. The van der Waals surface area contributed by atoms with Crippen LogP contribution in [0.25, 0.3) is 0 Å². The maximum absolute atomic E-state index is 12.0. The van der Waals surface area contributed by atoms with E-state index >= 15 is 0 Å². The molecule has 1 amide bonds. The molecule has 0 aliphatic carbocycles. The standard InChI is InChI=1S/C15H10ClF2NO4/c16-12-7-9(3-6-11(12)14(21)22)19-13(20)8-1-4-10(5-2-8)23-15(17)18/h1-7,15H,(H,19,20)(H,21,22). The maximum atomic E-state index is 12.0. The van der Waals surface area contributed by atoms with Crippen molar-refractivity contribution >= 4 is 29.2 Å². The Bertz CT molecular complexity index is 735. The molecule has 2 N–H and O–H groups in total. The number of ether oxygens (including phenoxy) is 1. The van der Waals surface area contributed by atoms with Crippen LogP contribution < -0.4 is 10.1 Å². The second-order valence-electron chi connectivity index (χ2n) is 4.36. The van der Waals surface area contributed by atoms with Crippen LogP contribution in [0.1, 0.15) is 20.7 Å². The summed E-state index contributed by atoms with van der Waals surface area (Å²) in [6.07, 6.45) is 0. The van der Waals surface area contributed by atoms with Gasteiger partial charge in [-0.15, -0.1) is 0 Å². The molecular formula is C15H10ClF2NO4. The number of carbonyl (C=O) groups is 2. The first kappa shape index (κ1) is 16.7. The SMILES string of the molecule is O=C(Nc1ccc(C(=O)O)c(Cl)c1)c1ccc(OC(F)F)cc1. The summed E-state index contributed by atoms with van der Waals surface area (Å²) in [5, 5.41) is 11.4. The number of halogens is 3. The van der Waals surface area contributed by atoms with Crippen molar-refractivity contribution in [2.75, 3.05) is 5.32 Å². The van der Waals surface area contributed by atoms with Gasteiger partial charge in [-0.25, -0.2) is 4.79 Å². The molecule has 0 spiro atoms. The number of nitrogens with one attached hydrogen (secondary N) is 1. The summed E-state index contributed by atoms with van der Waals surface area (Å²) in [6.45, 7) is -2.94. The molecule has 0 aliphatic heterocycles. The first-order chi connectivity index (χ1) is 10.9. The highest BCUT2D eigenvalue weighted by molar-refractivity contribution is 6.33. The molecule has 0 heterocycles. The van der Waals surface area contributed by atoms with Gasteiger partial charge in [-0.1, -0.05) is 11.6 Å². The summed E-state index contributed by atoms with van der Waals surface area (Å²) >= 11 is 5.80. The number of amides is 1. The fourth-order valence-electron chi connectivity index (χ4n) is 1.76. The number of benzene rings is 2. The van der Waals surface area contributed by atoms with E-state index in [4.69, 9.17) is 16.7 Å². The van der Waals surface area contributed by atoms with E-state index in [1.54, 1.807) is 0 Å². The normalized spacial score (nSPS) is 10.4. The van der Waals surface area contributed by atoms with Crippen molar-refractivity contribution < 1.29 is 28.2 Å². The van der Waals surface area contributed by atoms with Crippen LogP contribution in [0.15, 0.2) is 42.5 Å². The van der Waals surface area contributed by atoms with E-state index in [0.29, 0.717) is 5.69 Å². The molecule has 0 fully saturated rings. The largest absolute Gasteiger partial charge is 0.478 e. The Labute approximate surface area is 134 Å².